The minimum atomic E-state index is -0.448. The molecule has 0 saturated heterocycles. The number of ether oxygens (including phenoxy) is 6. The Balaban J connectivity index is 1.27. The molecule has 0 atom stereocenters. The predicted octanol–water partition coefficient (Wildman–Crippen LogP) is 3.26. The first-order valence-electron chi connectivity index (χ1n) is 10.6. The molecule has 0 aromatic heterocycles. The Bertz CT molecular complexity index is 727. The zero-order valence-corrected chi connectivity index (χ0v) is 18.2. The number of nitrogens with zero attached hydrogens (tertiary/aromatic N) is 1. The summed E-state index contributed by atoms with van der Waals surface area (Å²) in [6.07, 6.45) is 0. The van der Waals surface area contributed by atoms with Crippen molar-refractivity contribution in [3.63, 3.8) is 0 Å². The van der Waals surface area contributed by atoms with Crippen LogP contribution in [0.1, 0.15) is 5.56 Å². The predicted molar refractivity (Wildman–Crippen MR) is 118 cm³/mol. The van der Waals surface area contributed by atoms with E-state index in [1.165, 1.54) is 12.1 Å². The minimum absolute atomic E-state index is 0.0337. The second-order valence-corrected chi connectivity index (χ2v) is 6.59. The summed E-state index contributed by atoms with van der Waals surface area (Å²) in [7, 11) is 0. The molecule has 0 aliphatic carbocycles. The molecular weight excluding hydrogens is 418 g/mol. The molecule has 9 nitrogen and oxygen atoms in total. The van der Waals surface area contributed by atoms with Crippen LogP contribution in [-0.2, 0) is 30.3 Å². The Labute approximate surface area is 188 Å². The van der Waals surface area contributed by atoms with E-state index in [2.05, 4.69) is 0 Å². The lowest BCUT2D eigenvalue weighted by Crippen LogP contribution is -2.14. The number of hydrogen-bond donors (Lipinski definition) is 0. The molecule has 9 heteroatoms. The lowest BCUT2D eigenvalue weighted by Gasteiger charge is -2.08. The van der Waals surface area contributed by atoms with Gasteiger partial charge in [0.15, 0.2) is 0 Å². The number of nitro groups is 1. The highest BCUT2D eigenvalue weighted by molar-refractivity contribution is 5.35. The summed E-state index contributed by atoms with van der Waals surface area (Å²) >= 11 is 0. The van der Waals surface area contributed by atoms with E-state index < -0.39 is 4.92 Å². The fourth-order valence-corrected chi connectivity index (χ4v) is 2.53. The van der Waals surface area contributed by atoms with Gasteiger partial charge in [0.1, 0.15) is 12.4 Å². The lowest BCUT2D eigenvalue weighted by molar-refractivity contribution is -0.384. The average molecular weight is 450 g/mol. The van der Waals surface area contributed by atoms with Crippen molar-refractivity contribution in [2.24, 2.45) is 0 Å². The van der Waals surface area contributed by atoms with Gasteiger partial charge in [0, 0.05) is 12.1 Å². The van der Waals surface area contributed by atoms with Crippen LogP contribution < -0.4 is 4.74 Å². The number of nitro benzene ring substituents is 1. The highest BCUT2D eigenvalue weighted by Gasteiger charge is 2.04. The fourth-order valence-electron chi connectivity index (χ4n) is 2.53. The van der Waals surface area contributed by atoms with E-state index in [0.717, 1.165) is 5.56 Å². The van der Waals surface area contributed by atoms with Gasteiger partial charge in [0.25, 0.3) is 5.69 Å². The smallest absolute Gasteiger partial charge is 0.269 e. The Morgan fingerprint density at radius 1 is 0.594 bits per heavy atom. The third kappa shape index (κ3) is 12.3. The van der Waals surface area contributed by atoms with Gasteiger partial charge in [0.05, 0.1) is 71.0 Å². The van der Waals surface area contributed by atoms with Gasteiger partial charge in [-0.25, -0.2) is 0 Å². The monoisotopic (exact) mass is 449 g/mol. The Hall–Kier alpha value is -2.56. The molecule has 0 aliphatic heterocycles. The van der Waals surface area contributed by atoms with E-state index in [4.69, 9.17) is 28.4 Å². The average Bonchev–Trinajstić information content (AvgIpc) is 2.82. The van der Waals surface area contributed by atoms with Crippen molar-refractivity contribution in [3.8, 4) is 5.75 Å². The molecule has 0 unspecified atom stereocenters. The molecule has 0 spiro atoms. The molecule has 0 N–H and O–H groups in total. The van der Waals surface area contributed by atoms with Crippen molar-refractivity contribution in [1.29, 1.82) is 0 Å². The molecule has 0 saturated carbocycles. The summed E-state index contributed by atoms with van der Waals surface area (Å²) in [6.45, 7) is 5.39. The quantitative estimate of drug-likeness (QED) is 0.183. The molecule has 0 amide bonds. The highest BCUT2D eigenvalue weighted by Crippen LogP contribution is 2.17. The number of hydrogen-bond acceptors (Lipinski definition) is 8. The first-order valence-corrected chi connectivity index (χ1v) is 10.6. The third-order valence-corrected chi connectivity index (χ3v) is 4.14. The lowest BCUT2D eigenvalue weighted by atomic mass is 10.2. The molecule has 0 radical (unpaired) electrons. The third-order valence-electron chi connectivity index (χ3n) is 4.14. The summed E-state index contributed by atoms with van der Waals surface area (Å²) in [5.74, 6) is 0.566. The van der Waals surface area contributed by atoms with Crippen LogP contribution in [-0.4, -0.2) is 71.0 Å². The van der Waals surface area contributed by atoms with E-state index >= 15 is 0 Å². The Morgan fingerprint density at radius 2 is 1.06 bits per heavy atom. The minimum Gasteiger partial charge on any atom is -0.491 e. The zero-order chi connectivity index (χ0) is 22.7. The maximum Gasteiger partial charge on any atom is 0.269 e. The topological polar surface area (TPSA) is 98.5 Å². The van der Waals surface area contributed by atoms with Crippen LogP contribution in [0.25, 0.3) is 0 Å². The molecule has 32 heavy (non-hydrogen) atoms. The van der Waals surface area contributed by atoms with Crippen LogP contribution in [0.5, 0.6) is 5.75 Å². The van der Waals surface area contributed by atoms with Gasteiger partial charge in [-0.05, 0) is 17.7 Å². The number of non-ortho nitro benzene ring substituents is 1. The van der Waals surface area contributed by atoms with Gasteiger partial charge in [-0.15, -0.1) is 0 Å². The van der Waals surface area contributed by atoms with Crippen molar-refractivity contribution in [3.05, 3.63) is 70.3 Å². The van der Waals surface area contributed by atoms with Crippen LogP contribution >= 0.6 is 0 Å². The van der Waals surface area contributed by atoms with E-state index in [0.29, 0.717) is 78.4 Å². The van der Waals surface area contributed by atoms with Gasteiger partial charge in [-0.2, -0.15) is 0 Å². The Morgan fingerprint density at radius 3 is 1.56 bits per heavy atom. The normalized spacial score (nSPS) is 10.9. The Kier molecular flexibility index (Phi) is 13.7. The summed E-state index contributed by atoms with van der Waals surface area (Å²) in [6, 6.07) is 16.0. The highest BCUT2D eigenvalue weighted by atomic mass is 16.6. The standard InChI is InChI=1S/C23H31NO8/c25-24(26)22-6-8-23(9-7-22)32-19-18-30-15-14-28-11-10-27-12-13-29-16-17-31-20-21-4-2-1-3-5-21/h1-9H,10-20H2. The van der Waals surface area contributed by atoms with E-state index in [1.54, 1.807) is 12.1 Å². The summed E-state index contributed by atoms with van der Waals surface area (Å²) in [5.41, 5.74) is 1.18. The van der Waals surface area contributed by atoms with E-state index in [1.807, 2.05) is 30.3 Å². The fraction of sp³-hybridized carbons (Fsp3) is 0.478. The number of benzene rings is 2. The largest absolute Gasteiger partial charge is 0.491 e. The SMILES string of the molecule is O=[N+]([O-])c1ccc(OCCOCCOCCOCCOCCOCc2ccccc2)cc1. The summed E-state index contributed by atoms with van der Waals surface area (Å²) in [4.78, 5) is 10.1. The molecule has 0 heterocycles. The van der Waals surface area contributed by atoms with Crippen molar-refractivity contribution in [1.82, 2.24) is 0 Å². The van der Waals surface area contributed by atoms with Gasteiger partial charge in [-0.3, -0.25) is 10.1 Å². The van der Waals surface area contributed by atoms with Crippen molar-refractivity contribution >= 4 is 5.69 Å². The summed E-state index contributed by atoms with van der Waals surface area (Å²) in [5, 5.41) is 10.6. The van der Waals surface area contributed by atoms with Crippen LogP contribution in [0.3, 0.4) is 0 Å². The van der Waals surface area contributed by atoms with Crippen LogP contribution in [0, 0.1) is 10.1 Å². The van der Waals surface area contributed by atoms with Crippen molar-refractivity contribution < 1.29 is 33.3 Å². The van der Waals surface area contributed by atoms with Gasteiger partial charge in [0.2, 0.25) is 0 Å². The van der Waals surface area contributed by atoms with Crippen LogP contribution in [0.15, 0.2) is 54.6 Å². The maximum absolute atomic E-state index is 10.6. The second-order valence-electron chi connectivity index (χ2n) is 6.59. The first kappa shape index (κ1) is 25.7. The number of rotatable bonds is 19. The summed E-state index contributed by atoms with van der Waals surface area (Å²) < 4.78 is 32.7. The van der Waals surface area contributed by atoms with Crippen LogP contribution in [0.4, 0.5) is 5.69 Å². The molecule has 176 valence electrons. The van der Waals surface area contributed by atoms with E-state index in [9.17, 15) is 10.1 Å². The molecular formula is C23H31NO8. The van der Waals surface area contributed by atoms with Gasteiger partial charge < -0.3 is 28.4 Å². The van der Waals surface area contributed by atoms with Crippen LogP contribution in [0.2, 0.25) is 0 Å². The molecule has 2 aromatic carbocycles. The van der Waals surface area contributed by atoms with E-state index in [-0.39, 0.29) is 5.69 Å². The first-order chi connectivity index (χ1) is 15.8. The van der Waals surface area contributed by atoms with Crippen molar-refractivity contribution in [2.75, 3.05) is 66.1 Å². The molecule has 0 bridgehead atoms. The molecule has 2 aromatic rings. The zero-order valence-electron chi connectivity index (χ0n) is 18.2. The second kappa shape index (κ2) is 17.0. The molecule has 0 aliphatic rings. The maximum atomic E-state index is 10.6. The molecule has 0 fully saturated rings. The van der Waals surface area contributed by atoms with Crippen molar-refractivity contribution in [2.45, 2.75) is 6.61 Å². The van der Waals surface area contributed by atoms with Gasteiger partial charge >= 0.3 is 0 Å². The molecule has 2 rings (SSSR count). The van der Waals surface area contributed by atoms with Gasteiger partial charge in [-0.1, -0.05) is 30.3 Å².